The van der Waals surface area contributed by atoms with Crippen molar-refractivity contribution < 1.29 is 24.5 Å². The van der Waals surface area contributed by atoms with Crippen molar-refractivity contribution >= 4 is 23.5 Å². The molecule has 1 aromatic rings. The zero-order valence-electron chi connectivity index (χ0n) is 13.7. The maximum Gasteiger partial charge on any atom is 0.335 e. The Morgan fingerprint density at radius 3 is 2.54 bits per heavy atom. The third-order valence-electron chi connectivity index (χ3n) is 3.88. The number of carboxylic acids is 1. The first-order valence-electron chi connectivity index (χ1n) is 7.76. The minimum atomic E-state index is -1.76. The van der Waals surface area contributed by atoms with Crippen LogP contribution in [0.4, 0.5) is 0 Å². The summed E-state index contributed by atoms with van der Waals surface area (Å²) in [6.45, 7) is 4.79. The number of nitrogens with zero attached hydrogens (tertiary/aromatic N) is 2. The first-order valence-corrected chi connectivity index (χ1v) is 8.14. The molecule has 0 unspecified atom stereocenters. The van der Waals surface area contributed by atoms with Gasteiger partial charge < -0.3 is 19.8 Å². The standard InChI is InChI=1S/C16H21ClN2O5/c1-10(2)9-24-13-12(17)7-11(8-18-13)14(20)19-5-3-16(23,4-6-19)15(21)22/h7-8,10,23H,3-6,9H2,1-2H3,(H,21,22). The van der Waals surface area contributed by atoms with E-state index in [9.17, 15) is 14.7 Å². The van der Waals surface area contributed by atoms with Gasteiger partial charge in [0.15, 0.2) is 5.60 Å². The van der Waals surface area contributed by atoms with E-state index in [0.717, 1.165) is 0 Å². The number of amides is 1. The number of carboxylic acid groups (broad SMARTS) is 1. The van der Waals surface area contributed by atoms with Crippen LogP contribution in [0.25, 0.3) is 0 Å². The van der Waals surface area contributed by atoms with Crippen molar-refractivity contribution in [3.63, 3.8) is 0 Å². The molecule has 0 spiro atoms. The molecular weight excluding hydrogens is 336 g/mol. The van der Waals surface area contributed by atoms with Crippen LogP contribution < -0.4 is 4.74 Å². The molecule has 2 N–H and O–H groups in total. The highest BCUT2D eigenvalue weighted by Gasteiger charge is 2.40. The second-order valence-corrected chi connectivity index (χ2v) is 6.75. The van der Waals surface area contributed by atoms with E-state index in [1.54, 1.807) is 0 Å². The van der Waals surface area contributed by atoms with Crippen molar-refractivity contribution in [3.05, 3.63) is 22.8 Å². The lowest BCUT2D eigenvalue weighted by Gasteiger charge is -2.35. The minimum Gasteiger partial charge on any atom is -0.479 e. The van der Waals surface area contributed by atoms with Crippen LogP contribution in [0.1, 0.15) is 37.0 Å². The number of piperidine rings is 1. The molecule has 8 heteroatoms. The molecule has 7 nitrogen and oxygen atoms in total. The van der Waals surface area contributed by atoms with E-state index in [1.165, 1.54) is 17.2 Å². The average Bonchev–Trinajstić information content (AvgIpc) is 2.53. The summed E-state index contributed by atoms with van der Waals surface area (Å²) in [5.74, 6) is -0.954. The number of ether oxygens (including phenoxy) is 1. The molecule has 132 valence electrons. The minimum absolute atomic E-state index is 0.00911. The van der Waals surface area contributed by atoms with Gasteiger partial charge in [0.1, 0.15) is 5.02 Å². The Labute approximate surface area is 145 Å². The fourth-order valence-corrected chi connectivity index (χ4v) is 2.59. The van der Waals surface area contributed by atoms with Crippen molar-refractivity contribution in [2.24, 2.45) is 5.92 Å². The van der Waals surface area contributed by atoms with Gasteiger partial charge in [-0.2, -0.15) is 0 Å². The molecule has 0 atom stereocenters. The van der Waals surface area contributed by atoms with Crippen molar-refractivity contribution in [2.45, 2.75) is 32.3 Å². The number of pyridine rings is 1. The molecular formula is C16H21ClN2O5. The highest BCUT2D eigenvalue weighted by atomic mass is 35.5. The Balaban J connectivity index is 2.03. The van der Waals surface area contributed by atoms with Gasteiger partial charge in [0.2, 0.25) is 5.88 Å². The lowest BCUT2D eigenvalue weighted by Crippen LogP contribution is -2.50. The third-order valence-corrected chi connectivity index (χ3v) is 4.15. The number of aliphatic hydroxyl groups is 1. The lowest BCUT2D eigenvalue weighted by atomic mass is 9.91. The van der Waals surface area contributed by atoms with E-state index < -0.39 is 11.6 Å². The van der Waals surface area contributed by atoms with Gasteiger partial charge in [-0.1, -0.05) is 25.4 Å². The first kappa shape index (κ1) is 18.5. The van der Waals surface area contributed by atoms with E-state index in [-0.39, 0.29) is 42.7 Å². The number of likely N-dealkylation sites (tertiary alicyclic amines) is 1. The Hall–Kier alpha value is -1.86. The molecule has 2 heterocycles. The van der Waals surface area contributed by atoms with E-state index >= 15 is 0 Å². The molecule has 24 heavy (non-hydrogen) atoms. The summed E-state index contributed by atoms with van der Waals surface area (Å²) in [7, 11) is 0. The monoisotopic (exact) mass is 356 g/mol. The Bertz CT molecular complexity index is 627. The second kappa shape index (κ2) is 7.36. The summed E-state index contributed by atoms with van der Waals surface area (Å²) < 4.78 is 5.47. The van der Waals surface area contributed by atoms with Crippen LogP contribution in [-0.2, 0) is 4.79 Å². The number of carbonyl (C=O) groups is 2. The summed E-state index contributed by atoms with van der Waals surface area (Å²) in [5.41, 5.74) is -1.46. The number of hydrogen-bond acceptors (Lipinski definition) is 5. The zero-order valence-corrected chi connectivity index (χ0v) is 14.4. The molecule has 1 aliphatic heterocycles. The van der Waals surface area contributed by atoms with Crippen LogP contribution in [0.15, 0.2) is 12.3 Å². The Morgan fingerprint density at radius 2 is 2.04 bits per heavy atom. The predicted molar refractivity (Wildman–Crippen MR) is 87.3 cm³/mol. The van der Waals surface area contributed by atoms with Crippen molar-refractivity contribution in [3.8, 4) is 5.88 Å². The van der Waals surface area contributed by atoms with Gasteiger partial charge >= 0.3 is 5.97 Å². The molecule has 0 radical (unpaired) electrons. The molecule has 1 amide bonds. The normalized spacial score (nSPS) is 17.0. The van der Waals surface area contributed by atoms with E-state index in [2.05, 4.69) is 4.98 Å². The van der Waals surface area contributed by atoms with Gasteiger partial charge in [-0.05, 0) is 12.0 Å². The second-order valence-electron chi connectivity index (χ2n) is 6.34. The number of carbonyl (C=O) groups excluding carboxylic acids is 1. The summed E-state index contributed by atoms with van der Waals surface area (Å²) in [4.78, 5) is 29.1. The van der Waals surface area contributed by atoms with E-state index in [0.29, 0.717) is 18.1 Å². The number of rotatable bonds is 5. The van der Waals surface area contributed by atoms with Crippen molar-refractivity contribution in [1.82, 2.24) is 9.88 Å². The van der Waals surface area contributed by atoms with Crippen LogP contribution in [0.2, 0.25) is 5.02 Å². The molecule has 1 aromatic heterocycles. The molecule has 2 rings (SSSR count). The molecule has 0 bridgehead atoms. The fourth-order valence-electron chi connectivity index (χ4n) is 2.37. The summed E-state index contributed by atoms with van der Waals surface area (Å²) >= 11 is 6.11. The number of aromatic nitrogens is 1. The molecule has 1 fully saturated rings. The Kier molecular flexibility index (Phi) is 5.66. The van der Waals surface area contributed by atoms with Gasteiger partial charge in [-0.3, -0.25) is 4.79 Å². The summed E-state index contributed by atoms with van der Waals surface area (Å²) in [6.07, 6.45) is 1.37. The molecule has 1 aliphatic rings. The van der Waals surface area contributed by atoms with Gasteiger partial charge in [-0.15, -0.1) is 0 Å². The van der Waals surface area contributed by atoms with Crippen LogP contribution in [0.5, 0.6) is 5.88 Å². The van der Waals surface area contributed by atoms with Crippen LogP contribution in [0, 0.1) is 5.92 Å². The lowest BCUT2D eigenvalue weighted by molar-refractivity contribution is -0.162. The van der Waals surface area contributed by atoms with E-state index in [4.69, 9.17) is 21.4 Å². The van der Waals surface area contributed by atoms with E-state index in [1.807, 2.05) is 13.8 Å². The molecule has 1 saturated heterocycles. The summed E-state index contributed by atoms with van der Waals surface area (Å²) in [5, 5.41) is 19.2. The highest BCUT2D eigenvalue weighted by molar-refractivity contribution is 6.32. The fraction of sp³-hybridized carbons (Fsp3) is 0.562. The Morgan fingerprint density at radius 1 is 1.42 bits per heavy atom. The number of hydrogen-bond donors (Lipinski definition) is 2. The predicted octanol–water partition coefficient (Wildman–Crippen LogP) is 1.82. The smallest absolute Gasteiger partial charge is 0.335 e. The number of halogens is 1. The van der Waals surface area contributed by atoms with Crippen LogP contribution >= 0.6 is 11.6 Å². The average molecular weight is 357 g/mol. The highest BCUT2D eigenvalue weighted by Crippen LogP contribution is 2.26. The van der Waals surface area contributed by atoms with Gasteiger partial charge in [0.25, 0.3) is 5.91 Å². The van der Waals surface area contributed by atoms with Crippen molar-refractivity contribution in [2.75, 3.05) is 19.7 Å². The SMILES string of the molecule is CC(C)COc1ncc(C(=O)N2CCC(O)(C(=O)O)CC2)cc1Cl. The number of aliphatic carboxylic acids is 1. The first-order chi connectivity index (χ1) is 11.2. The maximum absolute atomic E-state index is 12.5. The van der Waals surface area contributed by atoms with Crippen molar-refractivity contribution in [1.29, 1.82) is 0 Å². The van der Waals surface area contributed by atoms with Gasteiger partial charge in [-0.25, -0.2) is 9.78 Å². The largest absolute Gasteiger partial charge is 0.479 e. The maximum atomic E-state index is 12.5. The topological polar surface area (TPSA) is 100.0 Å². The third kappa shape index (κ3) is 4.15. The molecule has 0 saturated carbocycles. The quantitative estimate of drug-likeness (QED) is 0.834. The molecule has 0 aromatic carbocycles. The van der Waals surface area contributed by atoms with Gasteiger partial charge in [0.05, 0.1) is 12.2 Å². The van der Waals surface area contributed by atoms with Crippen LogP contribution in [0.3, 0.4) is 0 Å². The van der Waals surface area contributed by atoms with Gasteiger partial charge in [0, 0.05) is 32.1 Å². The van der Waals surface area contributed by atoms with Crippen LogP contribution in [-0.4, -0.2) is 57.3 Å². The zero-order chi connectivity index (χ0) is 17.9. The summed E-state index contributed by atoms with van der Waals surface area (Å²) in [6, 6.07) is 1.49. The molecule has 0 aliphatic carbocycles.